The monoisotopic (exact) mass is 330 g/mol. The first kappa shape index (κ1) is 15.1. The molecule has 0 aromatic carbocycles. The van der Waals surface area contributed by atoms with Crippen LogP contribution >= 0.6 is 11.8 Å². The van der Waals surface area contributed by atoms with Crippen LogP contribution in [0.2, 0.25) is 0 Å². The van der Waals surface area contributed by atoms with Crippen LogP contribution in [0, 0.1) is 0 Å². The Morgan fingerprint density at radius 2 is 2.18 bits per heavy atom. The molecular formula is C13H13F3N4OS. The molecule has 2 aromatic rings. The number of imidazole rings is 1. The van der Waals surface area contributed by atoms with Crippen LogP contribution in [0.4, 0.5) is 13.2 Å². The number of halogens is 3. The number of rotatable bonds is 3. The number of hydrogen-bond acceptors (Lipinski definition) is 4. The smallest absolute Gasteiger partial charge is 0.336 e. The molecule has 1 N–H and O–H groups in total. The molecule has 2 heterocycles. The first-order chi connectivity index (χ1) is 10.4. The van der Waals surface area contributed by atoms with Gasteiger partial charge in [-0.15, -0.1) is 0 Å². The molecule has 0 atom stereocenters. The van der Waals surface area contributed by atoms with Crippen LogP contribution < -0.4 is 5.56 Å². The number of aryl methyl sites for hydroxylation is 2. The zero-order chi connectivity index (χ0) is 15.9. The Morgan fingerprint density at radius 1 is 1.41 bits per heavy atom. The minimum absolute atomic E-state index is 0.0348. The molecule has 0 aliphatic heterocycles. The van der Waals surface area contributed by atoms with E-state index in [4.69, 9.17) is 0 Å². The van der Waals surface area contributed by atoms with Gasteiger partial charge in [0, 0.05) is 18.4 Å². The van der Waals surface area contributed by atoms with E-state index in [2.05, 4.69) is 15.0 Å². The van der Waals surface area contributed by atoms with Crippen molar-refractivity contribution in [2.45, 2.75) is 36.3 Å². The lowest BCUT2D eigenvalue weighted by atomic mass is 10.3. The summed E-state index contributed by atoms with van der Waals surface area (Å²) in [7, 11) is 1.51. The maximum Gasteiger partial charge on any atom is 0.435 e. The molecule has 0 spiro atoms. The van der Waals surface area contributed by atoms with Gasteiger partial charge in [-0.1, -0.05) is 11.8 Å². The molecule has 0 unspecified atom stereocenters. The van der Waals surface area contributed by atoms with Gasteiger partial charge in [0.25, 0.3) is 5.56 Å². The van der Waals surface area contributed by atoms with Gasteiger partial charge in [0.2, 0.25) is 0 Å². The second-order valence-electron chi connectivity index (χ2n) is 5.09. The molecule has 1 aliphatic carbocycles. The average Bonchev–Trinajstić information content (AvgIpc) is 3.02. The molecule has 0 bridgehead atoms. The number of fused-ring (bicyclic) bond motifs is 1. The van der Waals surface area contributed by atoms with E-state index in [9.17, 15) is 18.0 Å². The molecular weight excluding hydrogens is 317 g/mol. The van der Waals surface area contributed by atoms with E-state index < -0.39 is 11.9 Å². The third kappa shape index (κ3) is 2.77. The molecule has 9 heteroatoms. The van der Waals surface area contributed by atoms with Gasteiger partial charge in [0.05, 0.1) is 17.7 Å². The molecule has 0 amide bonds. The van der Waals surface area contributed by atoms with Crippen molar-refractivity contribution in [2.24, 2.45) is 7.05 Å². The Morgan fingerprint density at radius 3 is 2.91 bits per heavy atom. The first-order valence-corrected chi connectivity index (χ1v) is 7.67. The normalized spacial score (nSPS) is 14.4. The Labute approximate surface area is 128 Å². The number of alkyl halides is 3. The average molecular weight is 330 g/mol. The second kappa shape index (κ2) is 5.45. The van der Waals surface area contributed by atoms with E-state index in [1.807, 2.05) is 0 Å². The third-order valence-electron chi connectivity index (χ3n) is 3.59. The van der Waals surface area contributed by atoms with Gasteiger partial charge in [0.1, 0.15) is 0 Å². The van der Waals surface area contributed by atoms with Gasteiger partial charge in [-0.25, -0.2) is 9.97 Å². The highest BCUT2D eigenvalue weighted by molar-refractivity contribution is 7.98. The van der Waals surface area contributed by atoms with Crippen LogP contribution in [0.5, 0.6) is 0 Å². The standard InChI is InChI=1S/C13H13F3N4OS/c1-20-6-17-10(13(14,15)16)9(20)5-22-12-18-8-4-2-3-7(8)11(21)19-12/h6H,2-5H2,1H3,(H,18,19,21). The quantitative estimate of drug-likeness (QED) is 0.693. The second-order valence-corrected chi connectivity index (χ2v) is 6.05. The van der Waals surface area contributed by atoms with E-state index in [1.54, 1.807) is 0 Å². The van der Waals surface area contributed by atoms with Crippen molar-refractivity contribution in [3.63, 3.8) is 0 Å². The van der Waals surface area contributed by atoms with Crippen LogP contribution in [0.1, 0.15) is 29.1 Å². The summed E-state index contributed by atoms with van der Waals surface area (Å²) in [5.74, 6) is 0.0348. The molecule has 0 fully saturated rings. The number of thioether (sulfide) groups is 1. The summed E-state index contributed by atoms with van der Waals surface area (Å²) in [5.41, 5.74) is 0.422. The lowest BCUT2D eigenvalue weighted by molar-refractivity contribution is -0.141. The maximum absolute atomic E-state index is 12.9. The molecule has 0 saturated heterocycles. The maximum atomic E-state index is 12.9. The van der Waals surface area contributed by atoms with Crippen molar-refractivity contribution in [3.05, 3.63) is 39.3 Å². The van der Waals surface area contributed by atoms with Crippen molar-refractivity contribution in [2.75, 3.05) is 0 Å². The van der Waals surface area contributed by atoms with Crippen molar-refractivity contribution < 1.29 is 13.2 Å². The molecule has 2 aromatic heterocycles. The van der Waals surface area contributed by atoms with E-state index in [1.165, 1.54) is 11.6 Å². The van der Waals surface area contributed by atoms with E-state index in [-0.39, 0.29) is 17.0 Å². The Hall–Kier alpha value is -1.77. The van der Waals surface area contributed by atoms with Gasteiger partial charge >= 0.3 is 6.18 Å². The number of aromatic nitrogens is 4. The van der Waals surface area contributed by atoms with Gasteiger partial charge in [-0.2, -0.15) is 13.2 Å². The highest BCUT2D eigenvalue weighted by Gasteiger charge is 2.37. The SMILES string of the molecule is Cn1cnc(C(F)(F)F)c1CSc1nc2c(c(=O)[nH]1)CCC2. The highest BCUT2D eigenvalue weighted by atomic mass is 32.2. The third-order valence-corrected chi connectivity index (χ3v) is 4.48. The molecule has 22 heavy (non-hydrogen) atoms. The van der Waals surface area contributed by atoms with E-state index >= 15 is 0 Å². The minimum atomic E-state index is -4.49. The van der Waals surface area contributed by atoms with Crippen LogP contribution in [0.3, 0.4) is 0 Å². The summed E-state index contributed by atoms with van der Waals surface area (Å²) in [6.07, 6.45) is -1.01. The van der Waals surface area contributed by atoms with Crippen molar-refractivity contribution in [1.29, 1.82) is 0 Å². The van der Waals surface area contributed by atoms with Gasteiger partial charge in [-0.05, 0) is 19.3 Å². The fourth-order valence-electron chi connectivity index (χ4n) is 2.49. The Bertz CT molecular complexity index is 766. The van der Waals surface area contributed by atoms with Crippen molar-refractivity contribution in [1.82, 2.24) is 19.5 Å². The van der Waals surface area contributed by atoms with Crippen LogP contribution in [-0.4, -0.2) is 19.5 Å². The highest BCUT2D eigenvalue weighted by Crippen LogP contribution is 2.33. The van der Waals surface area contributed by atoms with E-state index in [0.29, 0.717) is 17.1 Å². The predicted octanol–water partition coefficient (Wildman–Crippen LogP) is 2.30. The number of nitrogens with one attached hydrogen (secondary N) is 1. The number of hydrogen-bond donors (Lipinski definition) is 1. The molecule has 5 nitrogen and oxygen atoms in total. The lowest BCUT2D eigenvalue weighted by Gasteiger charge is -2.09. The fourth-order valence-corrected chi connectivity index (χ4v) is 3.44. The molecule has 0 saturated carbocycles. The Kier molecular flexibility index (Phi) is 3.75. The summed E-state index contributed by atoms with van der Waals surface area (Å²) in [4.78, 5) is 22.3. The van der Waals surface area contributed by atoms with Crippen molar-refractivity contribution in [3.8, 4) is 0 Å². The molecule has 118 valence electrons. The predicted molar refractivity (Wildman–Crippen MR) is 74.7 cm³/mol. The Balaban J connectivity index is 1.84. The zero-order valence-electron chi connectivity index (χ0n) is 11.7. The first-order valence-electron chi connectivity index (χ1n) is 6.68. The topological polar surface area (TPSA) is 63.6 Å². The molecule has 1 aliphatic rings. The zero-order valence-corrected chi connectivity index (χ0v) is 12.5. The molecule has 0 radical (unpaired) electrons. The van der Waals surface area contributed by atoms with Gasteiger partial charge < -0.3 is 9.55 Å². The number of H-pyrrole nitrogens is 1. The van der Waals surface area contributed by atoms with Crippen LogP contribution in [-0.2, 0) is 31.8 Å². The van der Waals surface area contributed by atoms with Crippen LogP contribution in [0.15, 0.2) is 16.3 Å². The summed E-state index contributed by atoms with van der Waals surface area (Å²) < 4.78 is 40.0. The van der Waals surface area contributed by atoms with Crippen LogP contribution in [0.25, 0.3) is 0 Å². The minimum Gasteiger partial charge on any atom is -0.336 e. The lowest BCUT2D eigenvalue weighted by Crippen LogP contribution is -2.15. The summed E-state index contributed by atoms with van der Waals surface area (Å²) in [5, 5.41) is 0.347. The summed E-state index contributed by atoms with van der Waals surface area (Å²) in [6, 6.07) is 0. The fraction of sp³-hybridized carbons (Fsp3) is 0.462. The summed E-state index contributed by atoms with van der Waals surface area (Å²) >= 11 is 1.08. The largest absolute Gasteiger partial charge is 0.435 e. The van der Waals surface area contributed by atoms with Gasteiger partial charge in [0.15, 0.2) is 10.9 Å². The summed E-state index contributed by atoms with van der Waals surface area (Å²) in [6.45, 7) is 0. The molecule has 3 rings (SSSR count). The van der Waals surface area contributed by atoms with Crippen molar-refractivity contribution >= 4 is 11.8 Å². The number of aromatic amines is 1. The number of nitrogens with zero attached hydrogens (tertiary/aromatic N) is 3. The van der Waals surface area contributed by atoms with E-state index in [0.717, 1.165) is 36.6 Å². The van der Waals surface area contributed by atoms with Gasteiger partial charge in [-0.3, -0.25) is 4.79 Å².